The Kier molecular flexibility index (Phi) is 3.46. The molecule has 16 heavy (non-hydrogen) atoms. The van der Waals surface area contributed by atoms with Gasteiger partial charge in [-0.25, -0.2) is 0 Å². The summed E-state index contributed by atoms with van der Waals surface area (Å²) in [5.74, 6) is 0. The molecule has 1 aromatic heterocycles. The fraction of sp³-hybridized carbons (Fsp3) is 0.727. The number of likely N-dealkylation sites (N-methyl/N-ethyl adjacent to an activating group) is 1. The Morgan fingerprint density at radius 3 is 2.88 bits per heavy atom. The third kappa shape index (κ3) is 2.74. The average molecular weight is 223 g/mol. The summed E-state index contributed by atoms with van der Waals surface area (Å²) in [6.07, 6.45) is 3.59. The lowest BCUT2D eigenvalue weighted by Crippen LogP contribution is -2.51. The van der Waals surface area contributed by atoms with E-state index < -0.39 is 0 Å². The normalized spacial score (nSPS) is 23.8. The van der Waals surface area contributed by atoms with Crippen molar-refractivity contribution >= 4 is 5.69 Å². The number of nitrogens with zero attached hydrogens (tertiary/aromatic N) is 4. The molecule has 1 aromatic rings. The topological polar surface area (TPSA) is 50.3 Å². The molecule has 1 unspecified atom stereocenters. The van der Waals surface area contributed by atoms with Gasteiger partial charge in [-0.2, -0.15) is 5.10 Å². The first kappa shape index (κ1) is 11.4. The molecular weight excluding hydrogens is 202 g/mol. The minimum absolute atomic E-state index is 0.631. The van der Waals surface area contributed by atoms with Gasteiger partial charge in [-0.3, -0.25) is 9.58 Å². The summed E-state index contributed by atoms with van der Waals surface area (Å²) >= 11 is 0. The Morgan fingerprint density at radius 2 is 2.25 bits per heavy atom. The smallest absolute Gasteiger partial charge is 0.0719 e. The van der Waals surface area contributed by atoms with Crippen LogP contribution >= 0.6 is 0 Å². The molecule has 0 spiro atoms. The SMILES string of the molecule is CC1CN(C)CCN1CCn1cc(N)cn1. The first-order chi connectivity index (χ1) is 7.65. The summed E-state index contributed by atoms with van der Waals surface area (Å²) in [4.78, 5) is 4.89. The van der Waals surface area contributed by atoms with Crippen molar-refractivity contribution in [3.05, 3.63) is 12.4 Å². The molecule has 2 heterocycles. The maximum absolute atomic E-state index is 5.63. The van der Waals surface area contributed by atoms with Gasteiger partial charge in [0.05, 0.1) is 18.4 Å². The molecule has 2 N–H and O–H groups in total. The average Bonchev–Trinajstić information content (AvgIpc) is 2.63. The van der Waals surface area contributed by atoms with Gasteiger partial charge in [0.2, 0.25) is 0 Å². The highest BCUT2D eigenvalue weighted by atomic mass is 15.3. The van der Waals surface area contributed by atoms with Gasteiger partial charge >= 0.3 is 0 Å². The zero-order chi connectivity index (χ0) is 11.5. The number of hydrogen-bond donors (Lipinski definition) is 1. The maximum Gasteiger partial charge on any atom is 0.0719 e. The Balaban J connectivity index is 1.81. The van der Waals surface area contributed by atoms with E-state index in [1.807, 2.05) is 10.9 Å². The predicted molar refractivity (Wildman–Crippen MR) is 65.2 cm³/mol. The van der Waals surface area contributed by atoms with Crippen molar-refractivity contribution in [2.75, 3.05) is 39.0 Å². The number of anilines is 1. The molecule has 5 heteroatoms. The number of aromatic nitrogens is 2. The summed E-state index contributed by atoms with van der Waals surface area (Å²) in [6.45, 7) is 7.72. The maximum atomic E-state index is 5.63. The Morgan fingerprint density at radius 1 is 1.44 bits per heavy atom. The van der Waals surface area contributed by atoms with Gasteiger partial charge in [0, 0.05) is 38.4 Å². The molecule has 2 rings (SSSR count). The van der Waals surface area contributed by atoms with E-state index in [9.17, 15) is 0 Å². The van der Waals surface area contributed by atoms with Crippen molar-refractivity contribution in [3.63, 3.8) is 0 Å². The highest BCUT2D eigenvalue weighted by Gasteiger charge is 2.20. The second-order valence-electron chi connectivity index (χ2n) is 4.68. The molecule has 0 saturated carbocycles. The van der Waals surface area contributed by atoms with Crippen LogP contribution in [0.25, 0.3) is 0 Å². The summed E-state index contributed by atoms with van der Waals surface area (Å²) < 4.78 is 1.92. The van der Waals surface area contributed by atoms with Gasteiger partial charge in [0.25, 0.3) is 0 Å². The van der Waals surface area contributed by atoms with E-state index in [-0.39, 0.29) is 0 Å². The van der Waals surface area contributed by atoms with Crippen LogP contribution in [0.5, 0.6) is 0 Å². The van der Waals surface area contributed by atoms with Crippen LogP contribution in [-0.4, -0.2) is 58.8 Å². The molecular formula is C11H21N5. The first-order valence-electron chi connectivity index (χ1n) is 5.85. The molecule has 90 valence electrons. The quantitative estimate of drug-likeness (QED) is 0.789. The van der Waals surface area contributed by atoms with E-state index in [1.165, 1.54) is 0 Å². The molecule has 1 aliphatic heterocycles. The van der Waals surface area contributed by atoms with Crippen LogP contribution in [-0.2, 0) is 6.54 Å². The predicted octanol–water partition coefficient (Wildman–Crippen LogP) is 0.101. The third-order valence-electron chi connectivity index (χ3n) is 3.24. The lowest BCUT2D eigenvalue weighted by Gasteiger charge is -2.38. The van der Waals surface area contributed by atoms with Crippen molar-refractivity contribution in [3.8, 4) is 0 Å². The standard InChI is InChI=1S/C11H21N5/c1-10-8-14(2)3-4-15(10)5-6-16-9-11(12)7-13-16/h7,9-10H,3-6,8,12H2,1-2H3. The van der Waals surface area contributed by atoms with E-state index in [2.05, 4.69) is 28.9 Å². The zero-order valence-corrected chi connectivity index (χ0v) is 10.1. The van der Waals surface area contributed by atoms with Crippen molar-refractivity contribution in [2.45, 2.75) is 19.5 Å². The number of nitrogens with two attached hydrogens (primary N) is 1. The van der Waals surface area contributed by atoms with Crippen molar-refractivity contribution in [2.24, 2.45) is 0 Å². The summed E-state index contributed by atoms with van der Waals surface area (Å²) in [5.41, 5.74) is 6.37. The van der Waals surface area contributed by atoms with E-state index in [0.29, 0.717) is 6.04 Å². The summed E-state index contributed by atoms with van der Waals surface area (Å²) in [7, 11) is 2.18. The Labute approximate surface area is 96.8 Å². The highest BCUT2D eigenvalue weighted by Crippen LogP contribution is 2.08. The molecule has 5 nitrogen and oxygen atoms in total. The van der Waals surface area contributed by atoms with Crippen molar-refractivity contribution < 1.29 is 0 Å². The number of rotatable bonds is 3. The van der Waals surface area contributed by atoms with Crippen LogP contribution < -0.4 is 5.73 Å². The molecule has 1 aliphatic rings. The molecule has 0 bridgehead atoms. The molecule has 1 fully saturated rings. The second-order valence-corrected chi connectivity index (χ2v) is 4.68. The van der Waals surface area contributed by atoms with Gasteiger partial charge < -0.3 is 10.6 Å². The fourth-order valence-corrected chi connectivity index (χ4v) is 2.24. The van der Waals surface area contributed by atoms with Crippen LogP contribution in [0.1, 0.15) is 6.92 Å². The molecule has 1 atom stereocenters. The van der Waals surface area contributed by atoms with E-state index in [1.54, 1.807) is 6.20 Å². The lowest BCUT2D eigenvalue weighted by atomic mass is 10.2. The van der Waals surface area contributed by atoms with Gasteiger partial charge in [-0.15, -0.1) is 0 Å². The van der Waals surface area contributed by atoms with E-state index >= 15 is 0 Å². The summed E-state index contributed by atoms with van der Waals surface area (Å²) in [6, 6.07) is 0.631. The van der Waals surface area contributed by atoms with Crippen LogP contribution in [0, 0.1) is 0 Å². The Hall–Kier alpha value is -1.07. The van der Waals surface area contributed by atoms with Crippen LogP contribution in [0.2, 0.25) is 0 Å². The molecule has 0 aromatic carbocycles. The van der Waals surface area contributed by atoms with Crippen molar-refractivity contribution in [1.29, 1.82) is 0 Å². The number of piperazine rings is 1. The minimum atomic E-state index is 0.631. The van der Waals surface area contributed by atoms with Crippen LogP contribution in [0.15, 0.2) is 12.4 Å². The fourth-order valence-electron chi connectivity index (χ4n) is 2.24. The van der Waals surface area contributed by atoms with E-state index in [4.69, 9.17) is 5.73 Å². The van der Waals surface area contributed by atoms with E-state index in [0.717, 1.165) is 38.4 Å². The monoisotopic (exact) mass is 223 g/mol. The Bertz CT molecular complexity index is 335. The van der Waals surface area contributed by atoms with Gasteiger partial charge in [0.15, 0.2) is 0 Å². The van der Waals surface area contributed by atoms with Gasteiger partial charge in [0.1, 0.15) is 0 Å². The lowest BCUT2D eigenvalue weighted by molar-refractivity contribution is 0.0958. The number of nitrogen functional groups attached to an aromatic ring is 1. The highest BCUT2D eigenvalue weighted by molar-refractivity contribution is 5.30. The van der Waals surface area contributed by atoms with Crippen LogP contribution in [0.4, 0.5) is 5.69 Å². The third-order valence-corrected chi connectivity index (χ3v) is 3.24. The minimum Gasteiger partial charge on any atom is -0.396 e. The molecule has 0 aliphatic carbocycles. The second kappa shape index (κ2) is 4.84. The largest absolute Gasteiger partial charge is 0.396 e. The summed E-state index contributed by atoms with van der Waals surface area (Å²) in [5, 5.41) is 4.19. The van der Waals surface area contributed by atoms with Gasteiger partial charge in [-0.05, 0) is 14.0 Å². The van der Waals surface area contributed by atoms with Crippen LogP contribution in [0.3, 0.4) is 0 Å². The molecule has 1 saturated heterocycles. The first-order valence-corrected chi connectivity index (χ1v) is 5.85. The number of hydrogen-bond acceptors (Lipinski definition) is 4. The molecule has 0 radical (unpaired) electrons. The van der Waals surface area contributed by atoms with Crippen molar-refractivity contribution in [1.82, 2.24) is 19.6 Å². The zero-order valence-electron chi connectivity index (χ0n) is 10.1. The van der Waals surface area contributed by atoms with Gasteiger partial charge in [-0.1, -0.05) is 0 Å². The molecule has 0 amide bonds.